The number of rotatable bonds is 2. The lowest BCUT2D eigenvalue weighted by Crippen LogP contribution is -2.14. The zero-order chi connectivity index (χ0) is 21.3. The van der Waals surface area contributed by atoms with Gasteiger partial charge in [-0.2, -0.15) is 0 Å². The third kappa shape index (κ3) is 2.30. The molecule has 0 fully saturated rings. The van der Waals surface area contributed by atoms with E-state index in [0.29, 0.717) is 11.1 Å². The molecule has 0 bridgehead atoms. The first-order valence-corrected chi connectivity index (χ1v) is 10.3. The molecule has 4 nitrogen and oxygen atoms in total. The zero-order valence-corrected chi connectivity index (χ0v) is 17.2. The third-order valence-corrected chi connectivity index (χ3v) is 6.60. The van der Waals surface area contributed by atoms with Crippen LogP contribution in [0.3, 0.4) is 0 Å². The number of para-hydroxylation sites is 2. The molecule has 31 heavy (non-hydrogen) atoms. The standard InChI is InChI=1S/C27H19NO3/c1-27(2)21-12-5-3-9-20(21)24-22(27)15-14-19-18-11-7-10-17(25(18)31-26(19)24)16-8-4-6-13-23(16)28(29)30/h3-15H,1-2H3. The second-order valence-corrected chi connectivity index (χ2v) is 8.59. The first-order valence-electron chi connectivity index (χ1n) is 10.3. The molecule has 0 aliphatic heterocycles. The van der Waals surface area contributed by atoms with Gasteiger partial charge in [-0.15, -0.1) is 0 Å². The van der Waals surface area contributed by atoms with Crippen molar-refractivity contribution >= 4 is 27.6 Å². The van der Waals surface area contributed by atoms with Crippen LogP contribution in [0.15, 0.2) is 83.3 Å². The fourth-order valence-electron chi connectivity index (χ4n) is 5.11. The first kappa shape index (κ1) is 17.9. The number of benzene rings is 4. The van der Waals surface area contributed by atoms with E-state index in [1.807, 2.05) is 24.3 Å². The van der Waals surface area contributed by atoms with Crippen molar-refractivity contribution in [1.82, 2.24) is 0 Å². The summed E-state index contributed by atoms with van der Waals surface area (Å²) >= 11 is 0. The maximum absolute atomic E-state index is 11.6. The summed E-state index contributed by atoms with van der Waals surface area (Å²) in [6.45, 7) is 4.48. The number of nitrogens with zero attached hydrogens (tertiary/aromatic N) is 1. The van der Waals surface area contributed by atoms with E-state index in [1.165, 1.54) is 22.8 Å². The molecule has 1 aromatic heterocycles. The van der Waals surface area contributed by atoms with E-state index < -0.39 is 0 Å². The molecule has 150 valence electrons. The average Bonchev–Trinajstić information content (AvgIpc) is 3.27. The van der Waals surface area contributed by atoms with Crippen molar-refractivity contribution in [3.05, 3.63) is 100 Å². The highest BCUT2D eigenvalue weighted by molar-refractivity contribution is 6.14. The van der Waals surface area contributed by atoms with Crippen LogP contribution < -0.4 is 0 Å². The Labute approximate surface area is 178 Å². The van der Waals surface area contributed by atoms with Gasteiger partial charge in [0.2, 0.25) is 0 Å². The molecule has 0 radical (unpaired) electrons. The number of nitro benzene ring substituents is 1. The highest BCUT2D eigenvalue weighted by atomic mass is 16.6. The van der Waals surface area contributed by atoms with Crippen molar-refractivity contribution in [1.29, 1.82) is 0 Å². The molecular weight excluding hydrogens is 386 g/mol. The smallest absolute Gasteiger partial charge is 0.277 e. The Morgan fingerprint density at radius 3 is 2.19 bits per heavy atom. The zero-order valence-electron chi connectivity index (χ0n) is 17.2. The van der Waals surface area contributed by atoms with Gasteiger partial charge in [-0.05, 0) is 22.8 Å². The molecule has 0 N–H and O–H groups in total. The van der Waals surface area contributed by atoms with Gasteiger partial charge in [0.25, 0.3) is 5.69 Å². The molecule has 0 atom stereocenters. The monoisotopic (exact) mass is 405 g/mol. The summed E-state index contributed by atoms with van der Waals surface area (Å²) in [5, 5.41) is 13.6. The van der Waals surface area contributed by atoms with E-state index in [-0.39, 0.29) is 16.0 Å². The van der Waals surface area contributed by atoms with E-state index >= 15 is 0 Å². The molecule has 6 rings (SSSR count). The number of hydrogen-bond donors (Lipinski definition) is 0. The third-order valence-electron chi connectivity index (χ3n) is 6.60. The Bertz CT molecular complexity index is 1540. The minimum absolute atomic E-state index is 0.0761. The first-order chi connectivity index (χ1) is 15.0. The summed E-state index contributed by atoms with van der Waals surface area (Å²) in [6, 6.07) is 25.5. The lowest BCUT2D eigenvalue weighted by Gasteiger charge is -2.21. The summed E-state index contributed by atoms with van der Waals surface area (Å²) < 4.78 is 6.54. The summed E-state index contributed by atoms with van der Waals surface area (Å²) in [4.78, 5) is 11.3. The Hall–Kier alpha value is -3.92. The summed E-state index contributed by atoms with van der Waals surface area (Å²) in [6.07, 6.45) is 0. The largest absolute Gasteiger partial charge is 0.455 e. The number of furan rings is 1. The highest BCUT2D eigenvalue weighted by Gasteiger charge is 2.37. The van der Waals surface area contributed by atoms with Gasteiger partial charge in [-0.25, -0.2) is 0 Å². The second kappa shape index (κ2) is 6.05. The summed E-state index contributed by atoms with van der Waals surface area (Å²) in [5.74, 6) is 0. The van der Waals surface area contributed by atoms with Crippen LogP contribution in [0, 0.1) is 10.1 Å². The van der Waals surface area contributed by atoms with Crippen molar-refractivity contribution in [3.8, 4) is 22.3 Å². The molecule has 0 saturated carbocycles. The van der Waals surface area contributed by atoms with Crippen molar-refractivity contribution < 1.29 is 9.34 Å². The minimum Gasteiger partial charge on any atom is -0.455 e. The maximum atomic E-state index is 11.6. The predicted molar refractivity (Wildman–Crippen MR) is 123 cm³/mol. The topological polar surface area (TPSA) is 56.3 Å². The van der Waals surface area contributed by atoms with Gasteiger partial charge >= 0.3 is 0 Å². The highest BCUT2D eigenvalue weighted by Crippen LogP contribution is 2.53. The predicted octanol–water partition coefficient (Wildman–Crippen LogP) is 7.47. The van der Waals surface area contributed by atoms with Gasteiger partial charge in [0, 0.05) is 33.4 Å². The van der Waals surface area contributed by atoms with Crippen molar-refractivity contribution in [3.63, 3.8) is 0 Å². The van der Waals surface area contributed by atoms with Crippen LogP contribution in [0.5, 0.6) is 0 Å². The van der Waals surface area contributed by atoms with E-state index in [9.17, 15) is 10.1 Å². The van der Waals surface area contributed by atoms with Crippen molar-refractivity contribution in [2.75, 3.05) is 0 Å². The van der Waals surface area contributed by atoms with E-state index in [1.54, 1.807) is 12.1 Å². The van der Waals surface area contributed by atoms with Crippen LogP contribution in [0.2, 0.25) is 0 Å². The van der Waals surface area contributed by atoms with E-state index in [2.05, 4.69) is 50.2 Å². The molecule has 4 aromatic carbocycles. The number of hydrogen-bond acceptors (Lipinski definition) is 3. The van der Waals surface area contributed by atoms with E-state index in [4.69, 9.17) is 4.42 Å². The van der Waals surface area contributed by atoms with Crippen molar-refractivity contribution in [2.45, 2.75) is 19.3 Å². The number of fused-ring (bicyclic) bond motifs is 7. The van der Waals surface area contributed by atoms with Crippen LogP contribution in [-0.4, -0.2) is 4.92 Å². The molecule has 0 spiro atoms. The van der Waals surface area contributed by atoms with E-state index in [0.717, 1.165) is 27.5 Å². The van der Waals surface area contributed by atoms with Crippen LogP contribution in [-0.2, 0) is 5.41 Å². The minimum atomic E-state index is -0.340. The summed E-state index contributed by atoms with van der Waals surface area (Å²) in [7, 11) is 0. The van der Waals surface area contributed by atoms with Crippen LogP contribution in [0.1, 0.15) is 25.0 Å². The van der Waals surface area contributed by atoms with Gasteiger partial charge in [0.05, 0.1) is 10.5 Å². The molecule has 5 aromatic rings. The van der Waals surface area contributed by atoms with Gasteiger partial charge in [-0.3, -0.25) is 10.1 Å². The lowest BCUT2D eigenvalue weighted by atomic mass is 9.82. The van der Waals surface area contributed by atoms with Gasteiger partial charge in [-0.1, -0.05) is 80.6 Å². The van der Waals surface area contributed by atoms with Gasteiger partial charge < -0.3 is 4.42 Å². The normalized spacial score (nSPS) is 14.0. The Morgan fingerprint density at radius 1 is 0.710 bits per heavy atom. The fraction of sp³-hybridized carbons (Fsp3) is 0.111. The summed E-state index contributed by atoms with van der Waals surface area (Å²) in [5.41, 5.74) is 7.65. The van der Waals surface area contributed by atoms with Gasteiger partial charge in [0.15, 0.2) is 0 Å². The Morgan fingerprint density at radius 2 is 1.39 bits per heavy atom. The quantitative estimate of drug-likeness (QED) is 0.226. The van der Waals surface area contributed by atoms with Crippen molar-refractivity contribution in [2.24, 2.45) is 0 Å². The molecule has 0 saturated heterocycles. The van der Waals surface area contributed by atoms with Crippen LogP contribution >= 0.6 is 0 Å². The molecule has 4 heteroatoms. The molecule has 1 aliphatic carbocycles. The number of nitro groups is 1. The molecule has 0 amide bonds. The van der Waals surface area contributed by atoms with Gasteiger partial charge in [0.1, 0.15) is 11.2 Å². The molecule has 0 unspecified atom stereocenters. The van der Waals surface area contributed by atoms with Crippen LogP contribution in [0.25, 0.3) is 44.2 Å². The Kier molecular flexibility index (Phi) is 3.49. The molecule has 1 aliphatic rings. The SMILES string of the molecule is CC1(C)c2ccccc2-c2c1ccc1c2oc2c(-c3ccccc3[N+](=O)[O-])cccc21. The Balaban J connectivity index is 1.73. The average molecular weight is 405 g/mol. The second-order valence-electron chi connectivity index (χ2n) is 8.59. The lowest BCUT2D eigenvalue weighted by molar-refractivity contribution is -0.384. The molecular formula is C27H19NO3. The maximum Gasteiger partial charge on any atom is 0.277 e. The molecule has 1 heterocycles. The fourth-order valence-corrected chi connectivity index (χ4v) is 5.11. The van der Waals surface area contributed by atoms with Crippen LogP contribution in [0.4, 0.5) is 5.69 Å².